The SMILES string of the molecule is CCCC1C=CC(CC)=C1. The molecule has 0 radical (unpaired) electrons. The van der Waals surface area contributed by atoms with Crippen molar-refractivity contribution in [1.82, 2.24) is 0 Å². The van der Waals surface area contributed by atoms with Crippen LogP contribution in [0.25, 0.3) is 0 Å². The minimum Gasteiger partial charge on any atom is -0.0773 e. The summed E-state index contributed by atoms with van der Waals surface area (Å²) in [6.45, 7) is 4.45. The van der Waals surface area contributed by atoms with Gasteiger partial charge in [0.05, 0.1) is 0 Å². The maximum absolute atomic E-state index is 2.39. The summed E-state index contributed by atoms with van der Waals surface area (Å²) in [5.41, 5.74) is 1.51. The van der Waals surface area contributed by atoms with E-state index in [0.29, 0.717) is 0 Å². The fourth-order valence-corrected chi connectivity index (χ4v) is 1.38. The van der Waals surface area contributed by atoms with Crippen molar-refractivity contribution in [2.24, 2.45) is 5.92 Å². The fourth-order valence-electron chi connectivity index (χ4n) is 1.38. The second-order valence-corrected chi connectivity index (χ2v) is 2.91. The number of hydrogen-bond donors (Lipinski definition) is 0. The first-order valence-corrected chi connectivity index (χ1v) is 4.25. The van der Waals surface area contributed by atoms with Gasteiger partial charge in [-0.25, -0.2) is 0 Å². The lowest BCUT2D eigenvalue weighted by molar-refractivity contribution is 0.696. The summed E-state index contributed by atoms with van der Waals surface area (Å²) >= 11 is 0. The zero-order valence-electron chi connectivity index (χ0n) is 6.93. The molecule has 56 valence electrons. The third-order valence-corrected chi connectivity index (χ3v) is 2.02. The molecule has 1 atom stereocenters. The smallest absolute Gasteiger partial charge is 0.00446 e. The molecule has 0 spiro atoms. The van der Waals surface area contributed by atoms with Gasteiger partial charge in [-0.2, -0.15) is 0 Å². The van der Waals surface area contributed by atoms with E-state index in [1.54, 1.807) is 0 Å². The number of rotatable bonds is 3. The summed E-state index contributed by atoms with van der Waals surface area (Å²) in [5, 5.41) is 0. The lowest BCUT2D eigenvalue weighted by atomic mass is 10.1. The van der Waals surface area contributed by atoms with E-state index < -0.39 is 0 Å². The van der Waals surface area contributed by atoms with Gasteiger partial charge in [-0.05, 0) is 18.8 Å². The Morgan fingerprint density at radius 2 is 2.20 bits per heavy atom. The predicted molar refractivity (Wildman–Crippen MR) is 45.9 cm³/mol. The normalized spacial score (nSPS) is 23.4. The van der Waals surface area contributed by atoms with E-state index in [2.05, 4.69) is 32.1 Å². The Bertz CT molecular complexity index is 151. The van der Waals surface area contributed by atoms with Crippen LogP contribution < -0.4 is 0 Å². The van der Waals surface area contributed by atoms with Crippen LogP contribution in [0.1, 0.15) is 33.1 Å². The second-order valence-electron chi connectivity index (χ2n) is 2.91. The van der Waals surface area contributed by atoms with Gasteiger partial charge in [0.25, 0.3) is 0 Å². The summed E-state index contributed by atoms with van der Waals surface area (Å²) < 4.78 is 0. The highest BCUT2D eigenvalue weighted by Gasteiger charge is 2.05. The maximum atomic E-state index is 2.39. The van der Waals surface area contributed by atoms with Crippen molar-refractivity contribution in [1.29, 1.82) is 0 Å². The third-order valence-electron chi connectivity index (χ3n) is 2.02. The quantitative estimate of drug-likeness (QED) is 0.558. The summed E-state index contributed by atoms with van der Waals surface area (Å²) in [7, 11) is 0. The minimum atomic E-state index is 0.750. The average Bonchev–Trinajstić information content (AvgIpc) is 2.37. The highest BCUT2D eigenvalue weighted by molar-refractivity contribution is 5.28. The van der Waals surface area contributed by atoms with Crippen LogP contribution in [0.2, 0.25) is 0 Å². The van der Waals surface area contributed by atoms with Gasteiger partial charge in [-0.3, -0.25) is 0 Å². The zero-order valence-corrected chi connectivity index (χ0v) is 6.93. The molecular formula is C10H16. The number of allylic oxidation sites excluding steroid dienone is 4. The van der Waals surface area contributed by atoms with Crippen LogP contribution in [0.4, 0.5) is 0 Å². The first-order chi connectivity index (χ1) is 4.86. The van der Waals surface area contributed by atoms with Crippen molar-refractivity contribution in [3.8, 4) is 0 Å². The molecule has 0 saturated carbocycles. The second kappa shape index (κ2) is 3.60. The standard InChI is InChI=1S/C10H16/c1-3-5-10-7-6-9(4-2)8-10/h6-8,10H,3-5H2,1-2H3. The molecular weight excluding hydrogens is 120 g/mol. The molecule has 0 aromatic heterocycles. The van der Waals surface area contributed by atoms with E-state index in [9.17, 15) is 0 Å². The molecule has 0 N–H and O–H groups in total. The Balaban J connectivity index is 2.41. The molecule has 0 heteroatoms. The first-order valence-electron chi connectivity index (χ1n) is 4.25. The summed E-state index contributed by atoms with van der Waals surface area (Å²) in [4.78, 5) is 0. The van der Waals surface area contributed by atoms with Gasteiger partial charge >= 0.3 is 0 Å². The van der Waals surface area contributed by atoms with Crippen LogP contribution >= 0.6 is 0 Å². The van der Waals surface area contributed by atoms with Crippen LogP contribution in [0.15, 0.2) is 23.8 Å². The predicted octanol–water partition coefficient (Wildman–Crippen LogP) is 3.31. The fraction of sp³-hybridized carbons (Fsp3) is 0.600. The van der Waals surface area contributed by atoms with Crippen LogP contribution in [-0.2, 0) is 0 Å². The Hall–Kier alpha value is -0.520. The lowest BCUT2D eigenvalue weighted by Crippen LogP contribution is -1.86. The number of hydrogen-bond acceptors (Lipinski definition) is 0. The van der Waals surface area contributed by atoms with Crippen LogP contribution in [-0.4, -0.2) is 0 Å². The van der Waals surface area contributed by atoms with Gasteiger partial charge in [-0.1, -0.05) is 44.1 Å². The average molecular weight is 136 g/mol. The molecule has 10 heavy (non-hydrogen) atoms. The molecule has 0 bridgehead atoms. The van der Waals surface area contributed by atoms with Crippen LogP contribution in [0, 0.1) is 5.92 Å². The monoisotopic (exact) mass is 136 g/mol. The molecule has 0 aromatic carbocycles. The molecule has 1 aliphatic carbocycles. The molecule has 1 aliphatic rings. The molecule has 0 amide bonds. The lowest BCUT2D eigenvalue weighted by Gasteiger charge is -1.99. The van der Waals surface area contributed by atoms with Crippen molar-refractivity contribution in [3.63, 3.8) is 0 Å². The van der Waals surface area contributed by atoms with Gasteiger partial charge in [0.2, 0.25) is 0 Å². The van der Waals surface area contributed by atoms with Gasteiger partial charge in [0.15, 0.2) is 0 Å². The Morgan fingerprint density at radius 1 is 1.40 bits per heavy atom. The molecule has 1 unspecified atom stereocenters. The van der Waals surface area contributed by atoms with Crippen molar-refractivity contribution in [2.75, 3.05) is 0 Å². The third kappa shape index (κ3) is 1.73. The first kappa shape index (κ1) is 7.59. The van der Waals surface area contributed by atoms with Crippen LogP contribution in [0.5, 0.6) is 0 Å². The van der Waals surface area contributed by atoms with Crippen molar-refractivity contribution >= 4 is 0 Å². The molecule has 0 nitrogen and oxygen atoms in total. The highest BCUT2D eigenvalue weighted by Crippen LogP contribution is 2.21. The molecule has 0 fully saturated rings. The van der Waals surface area contributed by atoms with Gasteiger partial charge in [0.1, 0.15) is 0 Å². The van der Waals surface area contributed by atoms with Gasteiger partial charge in [0, 0.05) is 0 Å². The van der Waals surface area contributed by atoms with Gasteiger partial charge < -0.3 is 0 Å². The van der Waals surface area contributed by atoms with Crippen molar-refractivity contribution in [2.45, 2.75) is 33.1 Å². The minimum absolute atomic E-state index is 0.750. The maximum Gasteiger partial charge on any atom is -0.00446 e. The summed E-state index contributed by atoms with van der Waals surface area (Å²) in [6, 6.07) is 0. The van der Waals surface area contributed by atoms with Crippen LogP contribution in [0.3, 0.4) is 0 Å². The van der Waals surface area contributed by atoms with E-state index in [-0.39, 0.29) is 0 Å². The molecule has 0 heterocycles. The summed E-state index contributed by atoms with van der Waals surface area (Å²) in [5.74, 6) is 0.750. The highest BCUT2D eigenvalue weighted by atomic mass is 14.1. The van der Waals surface area contributed by atoms with E-state index >= 15 is 0 Å². The van der Waals surface area contributed by atoms with E-state index in [0.717, 1.165) is 5.92 Å². The van der Waals surface area contributed by atoms with Gasteiger partial charge in [-0.15, -0.1) is 0 Å². The topological polar surface area (TPSA) is 0 Å². The van der Waals surface area contributed by atoms with Crippen molar-refractivity contribution in [3.05, 3.63) is 23.8 Å². The van der Waals surface area contributed by atoms with Crippen molar-refractivity contribution < 1.29 is 0 Å². The molecule has 0 aliphatic heterocycles. The Kier molecular flexibility index (Phi) is 2.73. The Labute approximate surface area is 63.6 Å². The van der Waals surface area contributed by atoms with E-state index in [1.165, 1.54) is 24.8 Å². The molecule has 0 aromatic rings. The zero-order chi connectivity index (χ0) is 7.40. The largest absolute Gasteiger partial charge is 0.0773 e. The van der Waals surface area contributed by atoms with E-state index in [1.807, 2.05) is 0 Å². The summed E-state index contributed by atoms with van der Waals surface area (Å²) in [6.07, 6.45) is 10.8. The molecule has 1 rings (SSSR count). The van der Waals surface area contributed by atoms with E-state index in [4.69, 9.17) is 0 Å². The molecule has 0 saturated heterocycles. The Morgan fingerprint density at radius 3 is 2.70 bits per heavy atom.